The van der Waals surface area contributed by atoms with Gasteiger partial charge in [-0.3, -0.25) is 0 Å². The maximum atomic E-state index is 8.58. The lowest BCUT2D eigenvalue weighted by Crippen LogP contribution is -1.65. The molecule has 0 amide bonds. The summed E-state index contributed by atoms with van der Waals surface area (Å²) in [5, 5.41) is 10.2. The van der Waals surface area contributed by atoms with Crippen LogP contribution < -0.4 is 0 Å². The molecule has 0 aromatic carbocycles. The summed E-state index contributed by atoms with van der Waals surface area (Å²) in [6, 6.07) is 0. The molecule has 0 fully saturated rings. The number of aliphatic hydroxyl groups excluding tert-OH is 1. The molecule has 0 aliphatic carbocycles. The molecular weight excluding hydrogens is 132 g/mol. The van der Waals surface area contributed by atoms with E-state index in [0.29, 0.717) is 0 Å². The number of hydrogen-bond donors (Lipinski definition) is 1. The predicted octanol–water partition coefficient (Wildman–Crippen LogP) is 2.96. The summed E-state index contributed by atoms with van der Waals surface area (Å²) in [4.78, 5) is 0. The quantitative estimate of drug-likeness (QED) is 0.477. The Morgan fingerprint density at radius 2 is 2.00 bits per heavy atom. The molecular formula is C7H14OS. The van der Waals surface area contributed by atoms with Crippen LogP contribution >= 0.6 is 11.8 Å². The van der Waals surface area contributed by atoms with E-state index >= 15 is 0 Å². The summed E-state index contributed by atoms with van der Waals surface area (Å²) in [5.41, 5.74) is 0. The summed E-state index contributed by atoms with van der Waals surface area (Å²) in [7, 11) is 0. The van der Waals surface area contributed by atoms with Gasteiger partial charge in [0.25, 0.3) is 0 Å². The fourth-order valence-electron chi connectivity index (χ4n) is 0.169. The molecule has 1 nitrogen and oxygen atoms in total. The minimum absolute atomic E-state index is 0.229. The molecule has 2 heteroatoms. The number of rotatable bonds is 2. The minimum Gasteiger partial charge on any atom is -0.507 e. The van der Waals surface area contributed by atoms with Crippen LogP contribution in [-0.4, -0.2) is 11.4 Å². The van der Waals surface area contributed by atoms with Crippen LogP contribution in [-0.2, 0) is 0 Å². The zero-order valence-electron chi connectivity index (χ0n) is 6.22. The van der Waals surface area contributed by atoms with Crippen LogP contribution in [0.2, 0.25) is 0 Å². The Kier molecular flexibility index (Phi) is 13.4. The molecule has 0 radical (unpaired) electrons. The van der Waals surface area contributed by atoms with E-state index < -0.39 is 0 Å². The first kappa shape index (κ1) is 11.4. The Hall–Kier alpha value is -0.370. The monoisotopic (exact) mass is 146 g/mol. The van der Waals surface area contributed by atoms with Gasteiger partial charge in [0.15, 0.2) is 0 Å². The highest BCUT2D eigenvalue weighted by molar-refractivity contribution is 8.01. The molecule has 54 valence electrons. The lowest BCUT2D eigenvalue weighted by molar-refractivity contribution is 0.434. The standard InChI is InChI=1S/C5H8OS.C2H6/c1-3-5(6)4-7-2;1-2/h3-4,6H,1H2,2H3;1-2H3/b5-4+;. The highest BCUT2D eigenvalue weighted by Crippen LogP contribution is 1.98. The Morgan fingerprint density at radius 1 is 1.56 bits per heavy atom. The van der Waals surface area contributed by atoms with E-state index in [1.165, 1.54) is 17.8 Å². The van der Waals surface area contributed by atoms with Gasteiger partial charge in [0, 0.05) is 5.41 Å². The molecule has 0 aromatic heterocycles. The summed E-state index contributed by atoms with van der Waals surface area (Å²) < 4.78 is 0. The first-order valence-corrected chi connectivity index (χ1v) is 4.14. The van der Waals surface area contributed by atoms with E-state index in [2.05, 4.69) is 6.58 Å². The Labute approximate surface area is 61.5 Å². The Balaban J connectivity index is 0. The Bertz CT molecular complexity index is 86.9. The summed E-state index contributed by atoms with van der Waals surface area (Å²) in [5.74, 6) is 0.229. The molecule has 0 atom stereocenters. The molecule has 0 unspecified atom stereocenters. The summed E-state index contributed by atoms with van der Waals surface area (Å²) in [6.45, 7) is 7.35. The molecule has 0 saturated carbocycles. The maximum Gasteiger partial charge on any atom is 0.121 e. The molecule has 0 aliphatic rings. The van der Waals surface area contributed by atoms with Crippen molar-refractivity contribution in [3.05, 3.63) is 23.8 Å². The van der Waals surface area contributed by atoms with Crippen LogP contribution in [0.15, 0.2) is 23.8 Å². The lowest BCUT2D eigenvalue weighted by atomic mass is 10.6. The lowest BCUT2D eigenvalue weighted by Gasteiger charge is -1.82. The zero-order valence-corrected chi connectivity index (χ0v) is 7.03. The summed E-state index contributed by atoms with van der Waals surface area (Å²) in [6.07, 6.45) is 3.27. The number of aliphatic hydroxyl groups is 1. The van der Waals surface area contributed by atoms with Crippen LogP contribution in [0.1, 0.15) is 13.8 Å². The molecule has 0 aliphatic heterocycles. The Morgan fingerprint density at radius 3 is 2.11 bits per heavy atom. The van der Waals surface area contributed by atoms with Gasteiger partial charge >= 0.3 is 0 Å². The fraction of sp³-hybridized carbons (Fsp3) is 0.429. The van der Waals surface area contributed by atoms with E-state index in [9.17, 15) is 0 Å². The van der Waals surface area contributed by atoms with E-state index in [0.717, 1.165) is 0 Å². The average molecular weight is 146 g/mol. The van der Waals surface area contributed by atoms with Crippen molar-refractivity contribution in [1.29, 1.82) is 0 Å². The van der Waals surface area contributed by atoms with E-state index in [1.54, 1.807) is 5.41 Å². The van der Waals surface area contributed by atoms with Gasteiger partial charge in [-0.2, -0.15) is 0 Å². The maximum absolute atomic E-state index is 8.58. The van der Waals surface area contributed by atoms with Crippen LogP contribution in [0.25, 0.3) is 0 Å². The topological polar surface area (TPSA) is 20.2 Å². The van der Waals surface area contributed by atoms with E-state index in [1.807, 2.05) is 20.1 Å². The SMILES string of the molecule is C=C/C(O)=C\SC.CC. The van der Waals surface area contributed by atoms with Crippen molar-refractivity contribution in [2.45, 2.75) is 13.8 Å². The van der Waals surface area contributed by atoms with Gasteiger partial charge in [-0.25, -0.2) is 0 Å². The van der Waals surface area contributed by atoms with Crippen LogP contribution in [0.5, 0.6) is 0 Å². The second-order valence-corrected chi connectivity index (χ2v) is 1.69. The van der Waals surface area contributed by atoms with Gasteiger partial charge in [0.1, 0.15) is 5.76 Å². The van der Waals surface area contributed by atoms with Crippen molar-refractivity contribution in [3.63, 3.8) is 0 Å². The van der Waals surface area contributed by atoms with Gasteiger partial charge in [0.05, 0.1) is 0 Å². The molecule has 0 bridgehead atoms. The van der Waals surface area contributed by atoms with Crippen molar-refractivity contribution in [2.24, 2.45) is 0 Å². The summed E-state index contributed by atoms with van der Waals surface area (Å²) >= 11 is 1.45. The predicted molar refractivity (Wildman–Crippen MR) is 45.8 cm³/mol. The van der Waals surface area contributed by atoms with Gasteiger partial charge in [0.2, 0.25) is 0 Å². The number of allylic oxidation sites excluding steroid dienone is 1. The normalized spacial score (nSPS) is 9.44. The average Bonchev–Trinajstić information content (AvgIpc) is 1.93. The zero-order chi connectivity index (χ0) is 7.70. The van der Waals surface area contributed by atoms with E-state index in [4.69, 9.17) is 5.11 Å². The van der Waals surface area contributed by atoms with Crippen molar-refractivity contribution in [3.8, 4) is 0 Å². The minimum atomic E-state index is 0.229. The third-order valence-corrected chi connectivity index (χ3v) is 0.925. The van der Waals surface area contributed by atoms with Gasteiger partial charge in [-0.15, -0.1) is 11.8 Å². The highest BCUT2D eigenvalue weighted by Gasteiger charge is 1.75. The third kappa shape index (κ3) is 11.3. The van der Waals surface area contributed by atoms with E-state index in [-0.39, 0.29) is 5.76 Å². The molecule has 0 spiro atoms. The van der Waals surface area contributed by atoms with Gasteiger partial charge in [-0.1, -0.05) is 20.4 Å². The second-order valence-electron chi connectivity index (χ2n) is 0.983. The largest absolute Gasteiger partial charge is 0.507 e. The molecule has 0 rings (SSSR count). The van der Waals surface area contributed by atoms with Crippen molar-refractivity contribution < 1.29 is 5.11 Å². The van der Waals surface area contributed by atoms with Gasteiger partial charge < -0.3 is 5.11 Å². The molecule has 9 heavy (non-hydrogen) atoms. The van der Waals surface area contributed by atoms with Crippen LogP contribution in [0.3, 0.4) is 0 Å². The second kappa shape index (κ2) is 10.6. The highest BCUT2D eigenvalue weighted by atomic mass is 32.2. The molecule has 0 heterocycles. The van der Waals surface area contributed by atoms with Crippen molar-refractivity contribution in [1.82, 2.24) is 0 Å². The fourth-order valence-corrected chi connectivity index (χ4v) is 0.507. The van der Waals surface area contributed by atoms with Crippen LogP contribution in [0, 0.1) is 0 Å². The van der Waals surface area contributed by atoms with Crippen molar-refractivity contribution >= 4 is 11.8 Å². The first-order chi connectivity index (χ1) is 4.31. The molecule has 0 aromatic rings. The van der Waals surface area contributed by atoms with Crippen LogP contribution in [0.4, 0.5) is 0 Å². The molecule has 1 N–H and O–H groups in total. The van der Waals surface area contributed by atoms with Crippen molar-refractivity contribution in [2.75, 3.05) is 6.26 Å². The molecule has 0 saturated heterocycles. The third-order valence-electron chi connectivity index (χ3n) is 0.448. The number of thioether (sulfide) groups is 1. The number of hydrogen-bond acceptors (Lipinski definition) is 2. The smallest absolute Gasteiger partial charge is 0.121 e. The van der Waals surface area contributed by atoms with Gasteiger partial charge in [-0.05, 0) is 12.3 Å². The first-order valence-electron chi connectivity index (χ1n) is 2.85.